The van der Waals surface area contributed by atoms with E-state index in [0.29, 0.717) is 0 Å². The van der Waals surface area contributed by atoms with E-state index in [1.165, 1.54) is 91.1 Å². The second-order valence-electron chi connectivity index (χ2n) is 5.82. The second kappa shape index (κ2) is 37.6. The van der Waals surface area contributed by atoms with Crippen molar-refractivity contribution in [2.24, 2.45) is 0 Å². The molecule has 0 saturated heterocycles. The van der Waals surface area contributed by atoms with Crippen LogP contribution in [-0.4, -0.2) is 13.1 Å². The van der Waals surface area contributed by atoms with E-state index < -0.39 is 0 Å². The third kappa shape index (κ3) is 74.2. The van der Waals surface area contributed by atoms with E-state index in [-0.39, 0.29) is 5.97 Å². The summed E-state index contributed by atoms with van der Waals surface area (Å²) in [5.74, 6) is -0.245. The summed E-state index contributed by atoms with van der Waals surface area (Å²) >= 11 is 0. The Morgan fingerprint density at radius 1 is 0.565 bits per heavy atom. The summed E-state index contributed by atoms with van der Waals surface area (Å²) in [7, 11) is 1.35. The van der Waals surface area contributed by atoms with Crippen LogP contribution in [0.1, 0.15) is 126 Å². The molecule has 0 aliphatic heterocycles. The number of esters is 1. The fourth-order valence-electron chi connectivity index (χ4n) is 1.50. The fraction of sp³-hybridized carbons (Fsp3) is 0.952. The minimum atomic E-state index is -0.245. The summed E-state index contributed by atoms with van der Waals surface area (Å²) in [4.78, 5) is 9.59. The van der Waals surface area contributed by atoms with Gasteiger partial charge < -0.3 is 4.74 Å². The van der Waals surface area contributed by atoms with E-state index in [9.17, 15) is 4.79 Å². The molecule has 2 nitrogen and oxygen atoms in total. The molecular weight excluding hydrogens is 284 g/mol. The SMILES string of the molecule is CCCCCC.CCCCCC.CCCCCC.COC(C)=O. The van der Waals surface area contributed by atoms with Crippen molar-refractivity contribution in [3.63, 3.8) is 0 Å². The molecule has 0 spiro atoms. The highest BCUT2D eigenvalue weighted by molar-refractivity contribution is 5.65. The Labute approximate surface area is 148 Å². The van der Waals surface area contributed by atoms with Crippen molar-refractivity contribution in [3.8, 4) is 0 Å². The molecule has 0 saturated carbocycles. The Bertz CT molecular complexity index is 136. The van der Waals surface area contributed by atoms with E-state index in [0.717, 1.165) is 0 Å². The summed E-state index contributed by atoms with van der Waals surface area (Å²) in [5, 5.41) is 0. The number of unbranched alkanes of at least 4 members (excludes halogenated alkanes) is 9. The van der Waals surface area contributed by atoms with Gasteiger partial charge in [0.15, 0.2) is 0 Å². The van der Waals surface area contributed by atoms with Gasteiger partial charge in [-0.3, -0.25) is 4.79 Å². The predicted octanol–water partition coefficient (Wildman–Crippen LogP) is 7.94. The zero-order chi connectivity index (χ0) is 18.8. The largest absolute Gasteiger partial charge is 0.469 e. The van der Waals surface area contributed by atoms with E-state index in [4.69, 9.17) is 0 Å². The molecule has 0 aliphatic carbocycles. The van der Waals surface area contributed by atoms with E-state index in [1.807, 2.05) is 0 Å². The number of rotatable bonds is 9. The lowest BCUT2D eigenvalue weighted by Crippen LogP contribution is -1.88. The van der Waals surface area contributed by atoms with Crippen LogP contribution in [0.25, 0.3) is 0 Å². The fourth-order valence-corrected chi connectivity index (χ4v) is 1.50. The van der Waals surface area contributed by atoms with Gasteiger partial charge in [-0.1, -0.05) is 119 Å². The molecule has 0 fully saturated rings. The number of ether oxygens (including phenoxy) is 1. The molecule has 0 N–H and O–H groups in total. The summed E-state index contributed by atoms with van der Waals surface area (Å²) in [6.45, 7) is 14.8. The average Bonchev–Trinajstić information content (AvgIpc) is 2.57. The molecule has 0 bridgehead atoms. The van der Waals surface area contributed by atoms with Crippen LogP contribution in [-0.2, 0) is 9.53 Å². The summed E-state index contributed by atoms with van der Waals surface area (Å²) in [6.07, 6.45) is 16.6. The van der Waals surface area contributed by atoms with Gasteiger partial charge in [-0.15, -0.1) is 0 Å². The Morgan fingerprint density at radius 3 is 0.739 bits per heavy atom. The number of hydrogen-bond acceptors (Lipinski definition) is 2. The molecule has 0 unspecified atom stereocenters. The minimum absolute atomic E-state index is 0.245. The summed E-state index contributed by atoms with van der Waals surface area (Å²) in [5.41, 5.74) is 0. The maximum Gasteiger partial charge on any atom is 0.302 e. The molecule has 0 atom stereocenters. The highest BCUT2D eigenvalue weighted by atomic mass is 16.5. The van der Waals surface area contributed by atoms with Crippen LogP contribution in [0, 0.1) is 0 Å². The smallest absolute Gasteiger partial charge is 0.302 e. The predicted molar refractivity (Wildman–Crippen MR) is 107 cm³/mol. The molecular formula is C21H48O2. The maximum atomic E-state index is 9.59. The highest BCUT2D eigenvalue weighted by Gasteiger charge is 1.77. The van der Waals surface area contributed by atoms with Crippen LogP contribution in [0.5, 0.6) is 0 Å². The summed E-state index contributed by atoms with van der Waals surface area (Å²) in [6, 6.07) is 0. The standard InChI is InChI=1S/3C6H14.C3H6O2/c3*1-3-5-6-4-2;1-3(4)5-2/h3*3-6H2,1-2H3;1-2H3. The van der Waals surface area contributed by atoms with E-state index in [1.54, 1.807) is 0 Å². The zero-order valence-corrected chi connectivity index (χ0v) is 17.8. The first-order valence-corrected chi connectivity index (χ1v) is 10.1. The number of carbonyl (C=O) groups excluding carboxylic acids is 1. The van der Waals surface area contributed by atoms with Crippen molar-refractivity contribution in [1.29, 1.82) is 0 Å². The highest BCUT2D eigenvalue weighted by Crippen LogP contribution is 1.96. The van der Waals surface area contributed by atoms with Crippen molar-refractivity contribution in [1.82, 2.24) is 0 Å². The van der Waals surface area contributed by atoms with Gasteiger partial charge in [0.25, 0.3) is 0 Å². The van der Waals surface area contributed by atoms with Gasteiger partial charge in [0.2, 0.25) is 0 Å². The molecule has 23 heavy (non-hydrogen) atoms. The average molecular weight is 333 g/mol. The van der Waals surface area contributed by atoms with Crippen LogP contribution in [0.2, 0.25) is 0 Å². The molecule has 0 rings (SSSR count). The third-order valence-electron chi connectivity index (χ3n) is 3.16. The third-order valence-corrected chi connectivity index (χ3v) is 3.16. The van der Waals surface area contributed by atoms with Crippen molar-refractivity contribution in [2.75, 3.05) is 7.11 Å². The lowest BCUT2D eigenvalue weighted by atomic mass is 10.2. The zero-order valence-electron chi connectivity index (χ0n) is 17.8. The first kappa shape index (κ1) is 30.4. The summed E-state index contributed by atoms with van der Waals surface area (Å²) < 4.78 is 4.11. The Hall–Kier alpha value is -0.530. The molecule has 0 aliphatic rings. The maximum absolute atomic E-state index is 9.59. The van der Waals surface area contributed by atoms with Crippen LogP contribution in [0.4, 0.5) is 0 Å². The van der Waals surface area contributed by atoms with Crippen LogP contribution >= 0.6 is 0 Å². The van der Waals surface area contributed by atoms with Crippen LogP contribution in [0.3, 0.4) is 0 Å². The molecule has 0 heterocycles. The lowest BCUT2D eigenvalue weighted by molar-refractivity contribution is -0.137. The molecule has 0 aromatic carbocycles. The van der Waals surface area contributed by atoms with Crippen molar-refractivity contribution in [2.45, 2.75) is 126 Å². The first-order chi connectivity index (χ1) is 11.0. The minimum Gasteiger partial charge on any atom is -0.469 e. The quantitative estimate of drug-likeness (QED) is 0.316. The van der Waals surface area contributed by atoms with Crippen molar-refractivity contribution >= 4 is 5.97 Å². The Kier molecular flexibility index (Phi) is 49.6. The molecule has 0 aromatic heterocycles. The molecule has 144 valence electrons. The molecule has 2 heteroatoms. The van der Waals surface area contributed by atoms with Gasteiger partial charge in [0.05, 0.1) is 7.11 Å². The van der Waals surface area contributed by atoms with Gasteiger partial charge in [0.1, 0.15) is 0 Å². The van der Waals surface area contributed by atoms with E-state index >= 15 is 0 Å². The van der Waals surface area contributed by atoms with Gasteiger partial charge in [-0.05, 0) is 0 Å². The molecule has 0 radical (unpaired) electrons. The lowest BCUT2D eigenvalue weighted by Gasteiger charge is -1.86. The van der Waals surface area contributed by atoms with Crippen molar-refractivity contribution in [3.05, 3.63) is 0 Å². The van der Waals surface area contributed by atoms with Gasteiger partial charge in [0, 0.05) is 6.92 Å². The monoisotopic (exact) mass is 332 g/mol. The Balaban J connectivity index is -0.000000105. The Morgan fingerprint density at radius 2 is 0.696 bits per heavy atom. The normalized spacial score (nSPS) is 8.52. The first-order valence-electron chi connectivity index (χ1n) is 10.1. The van der Waals surface area contributed by atoms with Gasteiger partial charge >= 0.3 is 5.97 Å². The number of methoxy groups -OCH3 is 1. The van der Waals surface area contributed by atoms with Gasteiger partial charge in [-0.25, -0.2) is 0 Å². The van der Waals surface area contributed by atoms with Gasteiger partial charge in [-0.2, -0.15) is 0 Å². The topological polar surface area (TPSA) is 26.3 Å². The van der Waals surface area contributed by atoms with Crippen LogP contribution < -0.4 is 0 Å². The number of carbonyl (C=O) groups is 1. The van der Waals surface area contributed by atoms with Crippen molar-refractivity contribution < 1.29 is 9.53 Å². The molecule has 0 amide bonds. The molecule has 0 aromatic rings. The number of hydrogen-bond donors (Lipinski definition) is 0. The van der Waals surface area contributed by atoms with Crippen LogP contribution in [0.15, 0.2) is 0 Å². The second-order valence-corrected chi connectivity index (χ2v) is 5.82. The van der Waals surface area contributed by atoms with E-state index in [2.05, 4.69) is 46.3 Å².